The fourth-order valence-electron chi connectivity index (χ4n) is 4.53. The number of ether oxygens (including phenoxy) is 1. The molecule has 0 radical (unpaired) electrons. The molecule has 1 aliphatic rings. The Kier molecular flexibility index (Phi) is 5.17. The van der Waals surface area contributed by atoms with Gasteiger partial charge in [-0.25, -0.2) is 0 Å². The summed E-state index contributed by atoms with van der Waals surface area (Å²) in [6.45, 7) is 7.50. The van der Waals surface area contributed by atoms with Gasteiger partial charge < -0.3 is 14.6 Å². The molecule has 2 heterocycles. The summed E-state index contributed by atoms with van der Waals surface area (Å²) in [5, 5.41) is 1.26. The van der Waals surface area contributed by atoms with E-state index in [2.05, 4.69) is 79.1 Å². The highest BCUT2D eigenvalue weighted by Crippen LogP contribution is 2.33. The summed E-state index contributed by atoms with van der Waals surface area (Å²) < 4.78 is 5.40. The number of likely N-dealkylation sites (tertiary alicyclic amines) is 1. The lowest BCUT2D eigenvalue weighted by atomic mass is 9.93. The van der Waals surface area contributed by atoms with Gasteiger partial charge in [-0.15, -0.1) is 0 Å². The molecule has 0 saturated carbocycles. The molecular formula is C24H31N3O. The van der Waals surface area contributed by atoms with E-state index in [9.17, 15) is 0 Å². The summed E-state index contributed by atoms with van der Waals surface area (Å²) >= 11 is 0. The molecule has 1 aliphatic heterocycles. The number of hydrogen-bond acceptors (Lipinski definition) is 3. The average molecular weight is 378 g/mol. The van der Waals surface area contributed by atoms with Gasteiger partial charge in [0.2, 0.25) is 0 Å². The van der Waals surface area contributed by atoms with Gasteiger partial charge >= 0.3 is 0 Å². The van der Waals surface area contributed by atoms with Gasteiger partial charge in [0.1, 0.15) is 5.75 Å². The van der Waals surface area contributed by atoms with Crippen LogP contribution in [0.15, 0.2) is 42.5 Å². The normalized spacial score (nSPS) is 20.4. The highest BCUT2D eigenvalue weighted by molar-refractivity contribution is 5.85. The predicted octanol–water partition coefficient (Wildman–Crippen LogP) is 4.32. The largest absolute Gasteiger partial charge is 0.497 e. The lowest BCUT2D eigenvalue weighted by Crippen LogP contribution is -2.34. The Morgan fingerprint density at radius 3 is 2.50 bits per heavy atom. The van der Waals surface area contributed by atoms with E-state index in [1.165, 1.54) is 33.3 Å². The van der Waals surface area contributed by atoms with Crippen LogP contribution >= 0.6 is 0 Å². The molecular weight excluding hydrogens is 346 g/mol. The maximum atomic E-state index is 5.40. The third kappa shape index (κ3) is 3.54. The molecule has 2 unspecified atom stereocenters. The Morgan fingerprint density at radius 2 is 1.82 bits per heavy atom. The first-order valence-corrected chi connectivity index (χ1v) is 10.1. The average Bonchev–Trinajstić information content (AvgIpc) is 3.24. The minimum absolute atomic E-state index is 0.535. The minimum atomic E-state index is 0.535. The smallest absolute Gasteiger partial charge is 0.119 e. The van der Waals surface area contributed by atoms with Crippen LogP contribution in [-0.2, 0) is 6.54 Å². The van der Waals surface area contributed by atoms with E-state index in [0.29, 0.717) is 12.0 Å². The van der Waals surface area contributed by atoms with E-state index >= 15 is 0 Å². The molecule has 1 N–H and O–H groups in total. The molecule has 1 saturated heterocycles. The van der Waals surface area contributed by atoms with Gasteiger partial charge in [0.25, 0.3) is 0 Å². The summed E-state index contributed by atoms with van der Waals surface area (Å²) in [6, 6.07) is 15.9. The van der Waals surface area contributed by atoms with Crippen LogP contribution in [0.25, 0.3) is 10.9 Å². The number of hydrogen-bond donors (Lipinski definition) is 1. The number of methoxy groups -OCH3 is 1. The van der Waals surface area contributed by atoms with Gasteiger partial charge in [-0.2, -0.15) is 0 Å². The van der Waals surface area contributed by atoms with Gasteiger partial charge in [-0.3, -0.25) is 4.90 Å². The number of rotatable bonds is 5. The van der Waals surface area contributed by atoms with Crippen LogP contribution in [0.2, 0.25) is 0 Å². The van der Waals surface area contributed by atoms with Crippen LogP contribution < -0.4 is 4.74 Å². The minimum Gasteiger partial charge on any atom is -0.497 e. The van der Waals surface area contributed by atoms with Crippen LogP contribution in [-0.4, -0.2) is 55.1 Å². The maximum absolute atomic E-state index is 5.40. The van der Waals surface area contributed by atoms with E-state index in [-0.39, 0.29) is 0 Å². The zero-order valence-electron chi connectivity index (χ0n) is 17.6. The SMILES string of the molecule is COc1ccc2[nH]c(CN3CC(c4ccc(C)cc4)C(N(C)C)C3)c(C)c2c1. The molecule has 4 rings (SSSR count). The molecule has 2 atom stereocenters. The van der Waals surface area contributed by atoms with Crippen LogP contribution in [0.1, 0.15) is 28.3 Å². The molecule has 0 amide bonds. The van der Waals surface area contributed by atoms with Gasteiger partial charge in [-0.05, 0) is 57.3 Å². The van der Waals surface area contributed by atoms with Crippen molar-refractivity contribution in [2.45, 2.75) is 32.4 Å². The van der Waals surface area contributed by atoms with Gasteiger partial charge in [0.15, 0.2) is 0 Å². The molecule has 2 aromatic carbocycles. The van der Waals surface area contributed by atoms with E-state index in [1.807, 2.05) is 6.07 Å². The number of nitrogens with one attached hydrogen (secondary N) is 1. The molecule has 148 valence electrons. The van der Waals surface area contributed by atoms with Crippen molar-refractivity contribution in [1.82, 2.24) is 14.8 Å². The van der Waals surface area contributed by atoms with Gasteiger partial charge in [-0.1, -0.05) is 29.8 Å². The summed E-state index contributed by atoms with van der Waals surface area (Å²) in [4.78, 5) is 8.61. The fraction of sp³-hybridized carbons (Fsp3) is 0.417. The fourth-order valence-corrected chi connectivity index (χ4v) is 4.53. The topological polar surface area (TPSA) is 31.5 Å². The number of aromatic amines is 1. The highest BCUT2D eigenvalue weighted by Gasteiger charge is 2.35. The molecule has 1 aromatic heterocycles. The number of likely N-dealkylation sites (N-methyl/N-ethyl adjacent to an activating group) is 1. The summed E-state index contributed by atoms with van der Waals surface area (Å²) in [6.07, 6.45) is 0. The van der Waals surface area contributed by atoms with Crippen molar-refractivity contribution in [3.05, 3.63) is 64.8 Å². The van der Waals surface area contributed by atoms with E-state index in [1.54, 1.807) is 7.11 Å². The molecule has 0 spiro atoms. The molecule has 4 nitrogen and oxygen atoms in total. The standard InChI is InChI=1S/C24H31N3O/c1-16-6-8-18(9-7-16)21-13-27(15-24(21)26(3)4)14-23-17(2)20-12-19(28-5)10-11-22(20)25-23/h6-12,21,24-25H,13-15H2,1-5H3. The van der Waals surface area contributed by atoms with E-state index in [0.717, 1.165) is 25.4 Å². The van der Waals surface area contributed by atoms with E-state index < -0.39 is 0 Å². The Morgan fingerprint density at radius 1 is 1.07 bits per heavy atom. The monoisotopic (exact) mass is 377 g/mol. The lowest BCUT2D eigenvalue weighted by molar-refractivity contribution is 0.258. The zero-order chi connectivity index (χ0) is 19.8. The summed E-state index contributed by atoms with van der Waals surface area (Å²) in [7, 11) is 6.13. The number of H-pyrrole nitrogens is 1. The molecule has 0 bridgehead atoms. The van der Waals surface area contributed by atoms with Crippen molar-refractivity contribution in [2.24, 2.45) is 0 Å². The first kappa shape index (κ1) is 19.0. The first-order valence-electron chi connectivity index (χ1n) is 10.1. The van der Waals surface area contributed by atoms with Crippen LogP contribution in [0.3, 0.4) is 0 Å². The molecule has 28 heavy (non-hydrogen) atoms. The summed E-state index contributed by atoms with van der Waals surface area (Å²) in [5.41, 5.74) is 6.60. The second-order valence-corrected chi connectivity index (χ2v) is 8.38. The number of aryl methyl sites for hydroxylation is 2. The Bertz CT molecular complexity index is 958. The lowest BCUT2D eigenvalue weighted by Gasteiger charge is -2.25. The molecule has 4 heteroatoms. The van der Waals surface area contributed by atoms with Crippen molar-refractivity contribution in [3.8, 4) is 5.75 Å². The number of aromatic nitrogens is 1. The highest BCUT2D eigenvalue weighted by atomic mass is 16.5. The third-order valence-electron chi connectivity index (χ3n) is 6.28. The summed E-state index contributed by atoms with van der Waals surface area (Å²) in [5.74, 6) is 1.45. The second-order valence-electron chi connectivity index (χ2n) is 8.38. The van der Waals surface area contributed by atoms with Crippen molar-refractivity contribution in [1.29, 1.82) is 0 Å². The number of benzene rings is 2. The van der Waals surface area contributed by atoms with Crippen molar-refractivity contribution < 1.29 is 4.74 Å². The van der Waals surface area contributed by atoms with Gasteiger partial charge in [0.05, 0.1) is 7.11 Å². The van der Waals surface area contributed by atoms with Crippen molar-refractivity contribution in [2.75, 3.05) is 34.3 Å². The zero-order valence-corrected chi connectivity index (χ0v) is 17.6. The number of fused-ring (bicyclic) bond motifs is 1. The van der Waals surface area contributed by atoms with Crippen molar-refractivity contribution in [3.63, 3.8) is 0 Å². The second kappa shape index (κ2) is 7.61. The Hall–Kier alpha value is -2.30. The molecule has 3 aromatic rings. The predicted molar refractivity (Wildman–Crippen MR) is 116 cm³/mol. The molecule has 1 fully saturated rings. The maximum Gasteiger partial charge on any atom is 0.119 e. The van der Waals surface area contributed by atoms with Crippen LogP contribution in [0, 0.1) is 13.8 Å². The van der Waals surface area contributed by atoms with Gasteiger partial charge in [0, 0.05) is 48.2 Å². The quantitative estimate of drug-likeness (QED) is 0.718. The third-order valence-corrected chi connectivity index (χ3v) is 6.28. The van der Waals surface area contributed by atoms with Crippen molar-refractivity contribution >= 4 is 10.9 Å². The van der Waals surface area contributed by atoms with Crippen LogP contribution in [0.5, 0.6) is 5.75 Å². The first-order chi connectivity index (χ1) is 13.5. The Labute approximate surface area is 168 Å². The van der Waals surface area contributed by atoms with Crippen LogP contribution in [0.4, 0.5) is 0 Å². The number of nitrogens with zero attached hydrogens (tertiary/aromatic N) is 2. The van der Waals surface area contributed by atoms with E-state index in [4.69, 9.17) is 4.74 Å². The molecule has 0 aliphatic carbocycles. The Balaban J connectivity index is 1.57.